The lowest BCUT2D eigenvalue weighted by atomic mass is 9.94. The highest BCUT2D eigenvalue weighted by Crippen LogP contribution is 2.34. The predicted octanol–water partition coefficient (Wildman–Crippen LogP) is 2.90. The smallest absolute Gasteiger partial charge is 0.131 e. The molecule has 1 aliphatic heterocycles. The summed E-state index contributed by atoms with van der Waals surface area (Å²) in [5, 5.41) is 0. The molecule has 0 N–H and O–H groups in total. The molecule has 0 aromatic heterocycles. The van der Waals surface area contributed by atoms with Crippen molar-refractivity contribution >= 4 is 6.29 Å². The van der Waals surface area contributed by atoms with E-state index in [4.69, 9.17) is 4.74 Å². The minimum absolute atomic E-state index is 0.160. The molecule has 2 nitrogen and oxygen atoms in total. The minimum Gasteiger partial charge on any atom is -0.461 e. The molecule has 0 fully saturated rings. The average Bonchev–Trinajstić information content (AvgIpc) is 2.27. The number of rotatable bonds is 2. The standard InChI is InChI=1S/C13H14O2/c1-9(2)13-7-10(8-14)11-5-3-4-6-12(11)15-13/h3-10H,1-2H3. The number of para-hydroxylation sites is 1. The topological polar surface area (TPSA) is 26.3 Å². The van der Waals surface area contributed by atoms with Crippen LogP contribution in [0.25, 0.3) is 0 Å². The number of fused-ring (bicyclic) bond motifs is 1. The molecule has 15 heavy (non-hydrogen) atoms. The van der Waals surface area contributed by atoms with Crippen LogP contribution in [0, 0.1) is 5.92 Å². The summed E-state index contributed by atoms with van der Waals surface area (Å²) >= 11 is 0. The van der Waals surface area contributed by atoms with Crippen molar-refractivity contribution < 1.29 is 9.53 Å². The Hall–Kier alpha value is -1.57. The highest BCUT2D eigenvalue weighted by atomic mass is 16.5. The molecular formula is C13H14O2. The monoisotopic (exact) mass is 202 g/mol. The molecule has 2 heteroatoms. The zero-order chi connectivity index (χ0) is 10.8. The Morgan fingerprint density at radius 1 is 1.33 bits per heavy atom. The second kappa shape index (κ2) is 3.89. The van der Waals surface area contributed by atoms with E-state index in [1.165, 1.54) is 0 Å². The first-order chi connectivity index (χ1) is 7.22. The van der Waals surface area contributed by atoms with E-state index in [9.17, 15) is 4.79 Å². The predicted molar refractivity (Wildman–Crippen MR) is 58.8 cm³/mol. The van der Waals surface area contributed by atoms with Gasteiger partial charge in [0.1, 0.15) is 17.8 Å². The first-order valence-corrected chi connectivity index (χ1v) is 5.16. The Morgan fingerprint density at radius 2 is 2.07 bits per heavy atom. The van der Waals surface area contributed by atoms with Crippen LogP contribution in [0.1, 0.15) is 25.3 Å². The summed E-state index contributed by atoms with van der Waals surface area (Å²) in [5.41, 5.74) is 0.955. The van der Waals surface area contributed by atoms with Gasteiger partial charge >= 0.3 is 0 Å². The van der Waals surface area contributed by atoms with Gasteiger partial charge in [-0.2, -0.15) is 0 Å². The summed E-state index contributed by atoms with van der Waals surface area (Å²) in [6, 6.07) is 7.68. The summed E-state index contributed by atoms with van der Waals surface area (Å²) in [6.07, 6.45) is 2.86. The van der Waals surface area contributed by atoms with Gasteiger partial charge in [0, 0.05) is 11.5 Å². The molecular weight excluding hydrogens is 188 g/mol. The van der Waals surface area contributed by atoms with Crippen LogP contribution < -0.4 is 4.74 Å². The van der Waals surface area contributed by atoms with Crippen molar-refractivity contribution in [1.29, 1.82) is 0 Å². The van der Waals surface area contributed by atoms with Gasteiger partial charge in [-0.1, -0.05) is 32.0 Å². The summed E-state index contributed by atoms with van der Waals surface area (Å²) in [6.45, 7) is 4.11. The van der Waals surface area contributed by atoms with E-state index in [-0.39, 0.29) is 5.92 Å². The molecule has 1 aromatic carbocycles. The molecule has 0 aliphatic carbocycles. The van der Waals surface area contributed by atoms with Gasteiger partial charge < -0.3 is 9.53 Å². The number of aldehydes is 1. The van der Waals surface area contributed by atoms with E-state index in [0.717, 1.165) is 23.4 Å². The third-order valence-corrected chi connectivity index (χ3v) is 2.57. The molecule has 1 atom stereocenters. The Labute approximate surface area is 89.6 Å². The van der Waals surface area contributed by atoms with E-state index in [0.29, 0.717) is 5.92 Å². The number of benzene rings is 1. The van der Waals surface area contributed by atoms with Crippen LogP contribution in [0.15, 0.2) is 36.1 Å². The van der Waals surface area contributed by atoms with Gasteiger partial charge in [-0.05, 0) is 12.1 Å². The molecule has 0 radical (unpaired) electrons. The fourth-order valence-electron chi connectivity index (χ4n) is 1.70. The third-order valence-electron chi connectivity index (χ3n) is 2.57. The minimum atomic E-state index is -0.160. The van der Waals surface area contributed by atoms with E-state index in [1.54, 1.807) is 0 Å². The molecule has 0 saturated carbocycles. The fourth-order valence-corrected chi connectivity index (χ4v) is 1.70. The Morgan fingerprint density at radius 3 is 2.73 bits per heavy atom. The maximum atomic E-state index is 11.0. The van der Waals surface area contributed by atoms with E-state index in [2.05, 4.69) is 13.8 Å². The van der Waals surface area contributed by atoms with Gasteiger partial charge in [0.05, 0.1) is 5.92 Å². The average molecular weight is 202 g/mol. The summed E-state index contributed by atoms with van der Waals surface area (Å²) in [7, 11) is 0. The highest BCUT2D eigenvalue weighted by molar-refractivity contribution is 5.69. The lowest BCUT2D eigenvalue weighted by Gasteiger charge is -2.23. The van der Waals surface area contributed by atoms with Crippen LogP contribution in [0.2, 0.25) is 0 Å². The fraction of sp³-hybridized carbons (Fsp3) is 0.308. The van der Waals surface area contributed by atoms with E-state index >= 15 is 0 Å². The normalized spacial score (nSPS) is 19.1. The van der Waals surface area contributed by atoms with Crippen LogP contribution >= 0.6 is 0 Å². The van der Waals surface area contributed by atoms with Crippen molar-refractivity contribution in [2.45, 2.75) is 19.8 Å². The first-order valence-electron chi connectivity index (χ1n) is 5.16. The molecule has 1 aromatic rings. The lowest BCUT2D eigenvalue weighted by molar-refractivity contribution is -0.108. The van der Waals surface area contributed by atoms with Crippen LogP contribution in [0.4, 0.5) is 0 Å². The second-order valence-electron chi connectivity index (χ2n) is 4.03. The van der Waals surface area contributed by atoms with Crippen molar-refractivity contribution in [3.8, 4) is 5.75 Å². The molecule has 78 valence electrons. The third kappa shape index (κ3) is 1.80. The number of carbonyl (C=O) groups excluding carboxylic acids is 1. The molecule has 1 heterocycles. The van der Waals surface area contributed by atoms with Gasteiger partial charge in [-0.3, -0.25) is 0 Å². The number of hydrogen-bond acceptors (Lipinski definition) is 2. The maximum Gasteiger partial charge on any atom is 0.131 e. The van der Waals surface area contributed by atoms with Gasteiger partial charge in [0.25, 0.3) is 0 Å². The van der Waals surface area contributed by atoms with Gasteiger partial charge in [0.15, 0.2) is 0 Å². The van der Waals surface area contributed by atoms with Crippen molar-refractivity contribution in [3.63, 3.8) is 0 Å². The Bertz CT molecular complexity index is 405. The van der Waals surface area contributed by atoms with Crippen molar-refractivity contribution in [1.82, 2.24) is 0 Å². The van der Waals surface area contributed by atoms with Gasteiger partial charge in [-0.25, -0.2) is 0 Å². The second-order valence-corrected chi connectivity index (χ2v) is 4.03. The number of hydrogen-bond donors (Lipinski definition) is 0. The lowest BCUT2D eigenvalue weighted by Crippen LogP contribution is -2.13. The van der Waals surface area contributed by atoms with Gasteiger partial charge in [0.2, 0.25) is 0 Å². The van der Waals surface area contributed by atoms with Crippen molar-refractivity contribution in [2.24, 2.45) is 5.92 Å². The molecule has 0 amide bonds. The van der Waals surface area contributed by atoms with E-state index < -0.39 is 0 Å². The summed E-state index contributed by atoms with van der Waals surface area (Å²) in [4.78, 5) is 11.0. The van der Waals surface area contributed by atoms with Crippen molar-refractivity contribution in [2.75, 3.05) is 0 Å². The molecule has 0 saturated heterocycles. The maximum absolute atomic E-state index is 11.0. The largest absolute Gasteiger partial charge is 0.461 e. The molecule has 0 bridgehead atoms. The summed E-state index contributed by atoms with van der Waals surface area (Å²) in [5.74, 6) is 1.83. The quantitative estimate of drug-likeness (QED) is 0.689. The summed E-state index contributed by atoms with van der Waals surface area (Å²) < 4.78 is 5.73. The van der Waals surface area contributed by atoms with Crippen LogP contribution in [-0.4, -0.2) is 6.29 Å². The van der Waals surface area contributed by atoms with Gasteiger partial charge in [-0.15, -0.1) is 0 Å². The zero-order valence-corrected chi connectivity index (χ0v) is 8.94. The van der Waals surface area contributed by atoms with Crippen LogP contribution in [-0.2, 0) is 4.79 Å². The van der Waals surface area contributed by atoms with Crippen LogP contribution in [0.5, 0.6) is 5.75 Å². The van der Waals surface area contributed by atoms with Crippen LogP contribution in [0.3, 0.4) is 0 Å². The number of ether oxygens (including phenoxy) is 1. The van der Waals surface area contributed by atoms with Crippen molar-refractivity contribution in [3.05, 3.63) is 41.7 Å². The first kappa shape index (κ1) is 9.97. The number of allylic oxidation sites excluding steroid dienone is 2. The molecule has 1 aliphatic rings. The highest BCUT2D eigenvalue weighted by Gasteiger charge is 2.21. The Balaban J connectivity index is 2.43. The number of carbonyl (C=O) groups is 1. The zero-order valence-electron chi connectivity index (χ0n) is 8.94. The van der Waals surface area contributed by atoms with E-state index in [1.807, 2.05) is 30.3 Å². The molecule has 0 spiro atoms. The Kier molecular flexibility index (Phi) is 2.58. The molecule has 2 rings (SSSR count). The SMILES string of the molecule is CC(C)C1=CC(C=O)c2ccccc2O1. The molecule has 1 unspecified atom stereocenters.